The third-order valence-electron chi connectivity index (χ3n) is 4.45. The third-order valence-corrected chi connectivity index (χ3v) is 4.45. The Kier molecular flexibility index (Phi) is 4.67. The number of hydrogen-bond acceptors (Lipinski definition) is 7. The third kappa shape index (κ3) is 3.28. The molecule has 0 unspecified atom stereocenters. The maximum atomic E-state index is 13.0. The normalized spacial score (nSPS) is 12.2. The molecule has 0 fully saturated rings. The lowest BCUT2D eigenvalue weighted by atomic mass is 10.2. The van der Waals surface area contributed by atoms with Gasteiger partial charge in [-0.25, -0.2) is 14.3 Å². The van der Waals surface area contributed by atoms with Crippen LogP contribution in [0.3, 0.4) is 0 Å². The highest BCUT2D eigenvalue weighted by Gasteiger charge is 2.19. The number of amides is 1. The molecule has 10 heteroatoms. The molecule has 1 aliphatic rings. The van der Waals surface area contributed by atoms with Gasteiger partial charge in [-0.3, -0.25) is 14.2 Å². The fraction of sp³-hybridized carbons (Fsp3) is 0.263. The molecule has 0 saturated heterocycles. The molecular formula is C19H18N4O6. The predicted molar refractivity (Wildman–Crippen MR) is 104 cm³/mol. The molecule has 0 aliphatic carbocycles. The van der Waals surface area contributed by atoms with E-state index in [1.807, 2.05) is 0 Å². The molecule has 0 radical (unpaired) electrons. The molecule has 3 heterocycles. The molecule has 0 saturated carbocycles. The molecule has 1 aromatic carbocycles. The summed E-state index contributed by atoms with van der Waals surface area (Å²) in [6.45, 7) is 1.78. The Morgan fingerprint density at radius 2 is 2.03 bits per heavy atom. The van der Waals surface area contributed by atoms with Crippen molar-refractivity contribution in [2.75, 3.05) is 18.7 Å². The molecule has 3 aromatic rings. The molecule has 0 spiro atoms. The highest BCUT2D eigenvalue weighted by molar-refractivity contribution is 5.91. The van der Waals surface area contributed by atoms with Gasteiger partial charge in [-0.15, -0.1) is 0 Å². The standard InChI is InChI=1S/C19H18N4O6/c1-3-27-13-6-7-20-17-16(13)18(25)23(19(26)22(17)2)9-15(24)21-11-4-5-12-14(8-11)29-10-28-12/h4-8H,3,9-10H2,1-2H3,(H,21,24). The molecule has 0 bridgehead atoms. The minimum Gasteiger partial charge on any atom is -0.493 e. The zero-order chi connectivity index (χ0) is 20.5. The van der Waals surface area contributed by atoms with Gasteiger partial charge in [-0.05, 0) is 25.1 Å². The second kappa shape index (κ2) is 7.30. The number of hydrogen-bond donors (Lipinski definition) is 1. The van der Waals surface area contributed by atoms with E-state index in [1.165, 1.54) is 17.8 Å². The van der Waals surface area contributed by atoms with Gasteiger partial charge in [0.25, 0.3) is 5.56 Å². The lowest BCUT2D eigenvalue weighted by molar-refractivity contribution is -0.116. The van der Waals surface area contributed by atoms with E-state index >= 15 is 0 Å². The molecule has 150 valence electrons. The van der Waals surface area contributed by atoms with Crippen molar-refractivity contribution < 1.29 is 19.0 Å². The summed E-state index contributed by atoms with van der Waals surface area (Å²) in [6, 6.07) is 6.47. The molecule has 10 nitrogen and oxygen atoms in total. The summed E-state index contributed by atoms with van der Waals surface area (Å²) in [5, 5.41) is 2.80. The maximum absolute atomic E-state index is 13.0. The van der Waals surface area contributed by atoms with Crippen LogP contribution in [0.5, 0.6) is 17.2 Å². The fourth-order valence-electron chi connectivity index (χ4n) is 3.12. The van der Waals surface area contributed by atoms with Crippen LogP contribution < -0.4 is 30.8 Å². The first-order chi connectivity index (χ1) is 14.0. The Morgan fingerprint density at radius 1 is 1.24 bits per heavy atom. The number of anilines is 1. The minimum absolute atomic E-state index is 0.117. The summed E-state index contributed by atoms with van der Waals surface area (Å²) < 4.78 is 18.1. The number of pyridine rings is 1. The second-order valence-electron chi connectivity index (χ2n) is 6.29. The zero-order valence-electron chi connectivity index (χ0n) is 15.8. The number of aryl methyl sites for hydroxylation is 1. The van der Waals surface area contributed by atoms with Gasteiger partial charge in [-0.1, -0.05) is 0 Å². The van der Waals surface area contributed by atoms with E-state index in [4.69, 9.17) is 14.2 Å². The highest BCUT2D eigenvalue weighted by Crippen LogP contribution is 2.34. The van der Waals surface area contributed by atoms with Crippen molar-refractivity contribution in [2.45, 2.75) is 13.5 Å². The average Bonchev–Trinajstić information content (AvgIpc) is 3.17. The SMILES string of the molecule is CCOc1ccnc2c1c(=O)n(CC(=O)Nc1ccc3c(c1)OCO3)c(=O)n2C. The van der Waals surface area contributed by atoms with E-state index in [1.54, 1.807) is 31.2 Å². The smallest absolute Gasteiger partial charge is 0.332 e. The Bertz CT molecular complexity index is 1230. The Labute approximate surface area is 164 Å². The van der Waals surface area contributed by atoms with E-state index < -0.39 is 23.7 Å². The van der Waals surface area contributed by atoms with Crippen LogP contribution in [-0.4, -0.2) is 33.4 Å². The van der Waals surface area contributed by atoms with Gasteiger partial charge in [-0.2, -0.15) is 0 Å². The number of rotatable bonds is 5. The van der Waals surface area contributed by atoms with Gasteiger partial charge >= 0.3 is 5.69 Å². The van der Waals surface area contributed by atoms with Crippen LogP contribution in [0.2, 0.25) is 0 Å². The van der Waals surface area contributed by atoms with E-state index in [0.717, 1.165) is 4.57 Å². The van der Waals surface area contributed by atoms with Crippen molar-refractivity contribution in [2.24, 2.45) is 7.05 Å². The van der Waals surface area contributed by atoms with Crippen LogP contribution in [0, 0.1) is 0 Å². The summed E-state index contributed by atoms with van der Waals surface area (Å²) in [4.78, 5) is 42.2. The average molecular weight is 398 g/mol. The molecule has 1 aliphatic heterocycles. The number of carbonyl (C=O) groups is 1. The monoisotopic (exact) mass is 398 g/mol. The first-order valence-electron chi connectivity index (χ1n) is 8.90. The number of nitrogens with one attached hydrogen (secondary N) is 1. The van der Waals surface area contributed by atoms with Crippen molar-refractivity contribution in [1.82, 2.24) is 14.1 Å². The largest absolute Gasteiger partial charge is 0.493 e. The number of carbonyl (C=O) groups excluding carboxylic acids is 1. The minimum atomic E-state index is -0.649. The summed E-state index contributed by atoms with van der Waals surface area (Å²) in [5.41, 5.74) is -0.634. The molecule has 0 atom stereocenters. The van der Waals surface area contributed by atoms with Crippen molar-refractivity contribution in [3.05, 3.63) is 51.3 Å². The molecule has 29 heavy (non-hydrogen) atoms. The topological polar surface area (TPSA) is 114 Å². The fourth-order valence-corrected chi connectivity index (χ4v) is 3.12. The first-order valence-corrected chi connectivity index (χ1v) is 8.90. The zero-order valence-corrected chi connectivity index (χ0v) is 15.8. The molecule has 4 rings (SSSR count). The maximum Gasteiger partial charge on any atom is 0.332 e. The van der Waals surface area contributed by atoms with Crippen molar-refractivity contribution in [3.8, 4) is 17.2 Å². The predicted octanol–water partition coefficient (Wildman–Crippen LogP) is 0.861. The van der Waals surface area contributed by atoms with Crippen molar-refractivity contribution >= 4 is 22.6 Å². The van der Waals surface area contributed by atoms with E-state index in [-0.39, 0.29) is 17.8 Å². The number of fused-ring (bicyclic) bond motifs is 2. The summed E-state index contributed by atoms with van der Waals surface area (Å²) in [6.07, 6.45) is 1.46. The Hall–Kier alpha value is -3.82. The van der Waals surface area contributed by atoms with Crippen LogP contribution >= 0.6 is 0 Å². The summed E-state index contributed by atoms with van der Waals surface area (Å²) >= 11 is 0. The van der Waals surface area contributed by atoms with Gasteiger partial charge < -0.3 is 19.5 Å². The van der Waals surface area contributed by atoms with Gasteiger partial charge in [0.15, 0.2) is 17.1 Å². The number of benzene rings is 1. The molecule has 2 aromatic heterocycles. The van der Waals surface area contributed by atoms with Crippen LogP contribution in [0.25, 0.3) is 11.0 Å². The second-order valence-corrected chi connectivity index (χ2v) is 6.29. The Morgan fingerprint density at radius 3 is 2.83 bits per heavy atom. The van der Waals surface area contributed by atoms with Crippen LogP contribution in [0.15, 0.2) is 40.1 Å². The highest BCUT2D eigenvalue weighted by atomic mass is 16.7. The van der Waals surface area contributed by atoms with E-state index in [9.17, 15) is 14.4 Å². The first kappa shape index (κ1) is 18.5. The number of ether oxygens (including phenoxy) is 3. The molecule has 1 amide bonds. The van der Waals surface area contributed by atoms with Crippen molar-refractivity contribution in [3.63, 3.8) is 0 Å². The number of aromatic nitrogens is 3. The van der Waals surface area contributed by atoms with Crippen LogP contribution in [-0.2, 0) is 18.4 Å². The lowest BCUT2D eigenvalue weighted by Crippen LogP contribution is -2.42. The molecule has 1 N–H and O–H groups in total. The summed E-state index contributed by atoms with van der Waals surface area (Å²) in [7, 11) is 1.49. The van der Waals surface area contributed by atoms with Gasteiger partial charge in [0, 0.05) is 25.0 Å². The van der Waals surface area contributed by atoms with Gasteiger partial charge in [0.2, 0.25) is 12.7 Å². The van der Waals surface area contributed by atoms with Crippen molar-refractivity contribution in [1.29, 1.82) is 0 Å². The lowest BCUT2D eigenvalue weighted by Gasteiger charge is -2.13. The van der Waals surface area contributed by atoms with E-state index in [2.05, 4.69) is 10.3 Å². The number of nitrogens with zero attached hydrogens (tertiary/aromatic N) is 3. The Balaban J connectivity index is 1.68. The quantitative estimate of drug-likeness (QED) is 0.678. The van der Waals surface area contributed by atoms with Gasteiger partial charge in [0.05, 0.1) is 6.61 Å². The van der Waals surface area contributed by atoms with Crippen LogP contribution in [0.4, 0.5) is 5.69 Å². The van der Waals surface area contributed by atoms with Gasteiger partial charge in [0.1, 0.15) is 17.7 Å². The van der Waals surface area contributed by atoms with Crippen LogP contribution in [0.1, 0.15) is 6.92 Å². The molecular weight excluding hydrogens is 380 g/mol. The van der Waals surface area contributed by atoms with E-state index in [0.29, 0.717) is 29.5 Å². The summed E-state index contributed by atoms with van der Waals surface area (Å²) in [5.74, 6) is 0.861.